The van der Waals surface area contributed by atoms with Crippen molar-refractivity contribution in [2.24, 2.45) is 0 Å². The number of amides is 1. The van der Waals surface area contributed by atoms with Gasteiger partial charge in [0.25, 0.3) is 0 Å². The average Bonchev–Trinajstić information content (AvgIpc) is 2.37. The number of nitriles is 1. The van der Waals surface area contributed by atoms with E-state index in [2.05, 4.69) is 5.32 Å². The van der Waals surface area contributed by atoms with Gasteiger partial charge in [-0.15, -0.1) is 11.8 Å². The van der Waals surface area contributed by atoms with Gasteiger partial charge in [-0.05, 0) is 17.7 Å². The lowest BCUT2D eigenvalue weighted by Gasteiger charge is -2.03. The monoisotopic (exact) mass is 250 g/mol. The van der Waals surface area contributed by atoms with Crippen molar-refractivity contribution in [2.45, 2.75) is 17.9 Å². The molecule has 1 amide bonds. The van der Waals surface area contributed by atoms with Crippen molar-refractivity contribution in [1.82, 2.24) is 5.32 Å². The van der Waals surface area contributed by atoms with Crippen molar-refractivity contribution in [1.29, 1.82) is 5.26 Å². The molecule has 17 heavy (non-hydrogen) atoms. The fraction of sp³-hybridized carbons (Fsp3) is 0.333. The summed E-state index contributed by atoms with van der Waals surface area (Å²) in [5, 5.41) is 19.8. The van der Waals surface area contributed by atoms with Gasteiger partial charge in [0.2, 0.25) is 5.91 Å². The molecule has 0 heterocycles. The molecule has 1 rings (SSSR count). The summed E-state index contributed by atoms with van der Waals surface area (Å²) < 4.78 is 0. The molecule has 1 aromatic rings. The van der Waals surface area contributed by atoms with E-state index in [1.165, 1.54) is 11.8 Å². The zero-order valence-corrected chi connectivity index (χ0v) is 10.2. The maximum Gasteiger partial charge on any atom is 0.230 e. The van der Waals surface area contributed by atoms with Gasteiger partial charge in [-0.2, -0.15) is 5.26 Å². The number of rotatable bonds is 6. The van der Waals surface area contributed by atoms with Gasteiger partial charge in [0.05, 0.1) is 24.8 Å². The number of benzene rings is 1. The Labute approximate surface area is 105 Å². The van der Waals surface area contributed by atoms with Crippen molar-refractivity contribution in [3.8, 4) is 6.07 Å². The molecule has 0 saturated heterocycles. The first-order valence-electron chi connectivity index (χ1n) is 5.22. The van der Waals surface area contributed by atoms with E-state index in [4.69, 9.17) is 10.4 Å². The number of carbonyl (C=O) groups excluding carboxylic acids is 1. The molecule has 90 valence electrons. The molecule has 0 spiro atoms. The summed E-state index contributed by atoms with van der Waals surface area (Å²) in [6, 6.07) is 9.37. The van der Waals surface area contributed by atoms with Crippen LogP contribution in [0.2, 0.25) is 0 Å². The van der Waals surface area contributed by atoms with Crippen LogP contribution in [-0.2, 0) is 11.4 Å². The number of carbonyl (C=O) groups is 1. The van der Waals surface area contributed by atoms with E-state index in [9.17, 15) is 4.79 Å². The van der Waals surface area contributed by atoms with Crippen LogP contribution in [0.25, 0.3) is 0 Å². The SMILES string of the molecule is N#CCCNC(=O)CSc1ccc(CO)cc1. The van der Waals surface area contributed by atoms with Crippen LogP contribution in [0.15, 0.2) is 29.2 Å². The minimum atomic E-state index is -0.0727. The van der Waals surface area contributed by atoms with Crippen LogP contribution in [0.1, 0.15) is 12.0 Å². The number of aliphatic hydroxyl groups is 1. The highest BCUT2D eigenvalue weighted by Crippen LogP contribution is 2.17. The summed E-state index contributed by atoms with van der Waals surface area (Å²) in [6.45, 7) is 0.430. The van der Waals surface area contributed by atoms with E-state index in [0.29, 0.717) is 18.7 Å². The molecule has 2 N–H and O–H groups in total. The molecule has 0 aliphatic heterocycles. The molecule has 0 saturated carbocycles. The van der Waals surface area contributed by atoms with Gasteiger partial charge in [0.1, 0.15) is 0 Å². The minimum Gasteiger partial charge on any atom is -0.392 e. The molecule has 1 aromatic carbocycles. The standard InChI is InChI=1S/C12H14N2O2S/c13-6-1-7-14-12(16)9-17-11-4-2-10(8-15)3-5-11/h2-5,15H,1,7-9H2,(H,14,16). The highest BCUT2D eigenvalue weighted by molar-refractivity contribution is 8.00. The predicted octanol–water partition coefficient (Wildman–Crippen LogP) is 1.30. The number of nitrogens with one attached hydrogen (secondary N) is 1. The first kappa shape index (κ1) is 13.6. The number of nitrogens with zero attached hydrogens (tertiary/aromatic N) is 1. The molecule has 0 aromatic heterocycles. The first-order chi connectivity index (χ1) is 8.26. The Morgan fingerprint density at radius 1 is 1.41 bits per heavy atom. The Bertz CT molecular complexity index is 398. The zero-order chi connectivity index (χ0) is 12.5. The fourth-order valence-electron chi connectivity index (χ4n) is 1.15. The van der Waals surface area contributed by atoms with Gasteiger partial charge in [0, 0.05) is 11.4 Å². The molecule has 0 fully saturated rings. The Morgan fingerprint density at radius 3 is 2.71 bits per heavy atom. The van der Waals surface area contributed by atoms with Crippen molar-refractivity contribution in [3.63, 3.8) is 0 Å². The third-order valence-corrected chi connectivity index (χ3v) is 3.05. The Morgan fingerprint density at radius 2 is 2.12 bits per heavy atom. The van der Waals surface area contributed by atoms with Crippen molar-refractivity contribution >= 4 is 17.7 Å². The van der Waals surface area contributed by atoms with Crippen LogP contribution in [0.3, 0.4) is 0 Å². The van der Waals surface area contributed by atoms with Crippen molar-refractivity contribution in [3.05, 3.63) is 29.8 Å². The maximum absolute atomic E-state index is 11.3. The molecule has 4 nitrogen and oxygen atoms in total. The second kappa shape index (κ2) is 7.71. The fourth-order valence-corrected chi connectivity index (χ4v) is 1.88. The highest BCUT2D eigenvalue weighted by atomic mass is 32.2. The summed E-state index contributed by atoms with van der Waals surface area (Å²) in [4.78, 5) is 12.3. The lowest BCUT2D eigenvalue weighted by atomic mass is 10.2. The molecule has 0 radical (unpaired) electrons. The normalized spacial score (nSPS) is 9.65. The van der Waals surface area contributed by atoms with Crippen molar-refractivity contribution < 1.29 is 9.90 Å². The van der Waals surface area contributed by atoms with Crippen LogP contribution in [0.5, 0.6) is 0 Å². The quantitative estimate of drug-likeness (QED) is 0.589. The summed E-state index contributed by atoms with van der Waals surface area (Å²) in [7, 11) is 0. The predicted molar refractivity (Wildman–Crippen MR) is 66.3 cm³/mol. The van der Waals surface area contributed by atoms with E-state index >= 15 is 0 Å². The van der Waals surface area contributed by atoms with Crippen molar-refractivity contribution in [2.75, 3.05) is 12.3 Å². The van der Waals surface area contributed by atoms with Crippen LogP contribution in [-0.4, -0.2) is 23.3 Å². The molecule has 5 heteroatoms. The van der Waals surface area contributed by atoms with Crippen LogP contribution in [0, 0.1) is 11.3 Å². The largest absolute Gasteiger partial charge is 0.392 e. The van der Waals surface area contributed by atoms with Crippen LogP contribution in [0.4, 0.5) is 0 Å². The average molecular weight is 250 g/mol. The van der Waals surface area contributed by atoms with Gasteiger partial charge >= 0.3 is 0 Å². The molecule has 0 atom stereocenters. The molecular formula is C12H14N2O2S. The van der Waals surface area contributed by atoms with E-state index in [1.54, 1.807) is 0 Å². The van der Waals surface area contributed by atoms with E-state index in [-0.39, 0.29) is 12.5 Å². The smallest absolute Gasteiger partial charge is 0.230 e. The van der Waals surface area contributed by atoms with Gasteiger partial charge in [0.15, 0.2) is 0 Å². The number of hydrogen-bond acceptors (Lipinski definition) is 4. The second-order valence-electron chi connectivity index (χ2n) is 3.35. The van der Waals surface area contributed by atoms with E-state index in [0.717, 1.165) is 10.5 Å². The first-order valence-corrected chi connectivity index (χ1v) is 6.21. The Kier molecular flexibility index (Phi) is 6.15. The molecule has 0 aliphatic carbocycles. The lowest BCUT2D eigenvalue weighted by Crippen LogP contribution is -2.25. The summed E-state index contributed by atoms with van der Waals surface area (Å²) in [5.41, 5.74) is 0.854. The maximum atomic E-state index is 11.3. The lowest BCUT2D eigenvalue weighted by molar-refractivity contribution is -0.118. The topological polar surface area (TPSA) is 73.1 Å². The zero-order valence-electron chi connectivity index (χ0n) is 9.35. The third-order valence-electron chi connectivity index (χ3n) is 2.03. The van der Waals surface area contributed by atoms with Gasteiger partial charge < -0.3 is 10.4 Å². The van der Waals surface area contributed by atoms with Gasteiger partial charge in [-0.25, -0.2) is 0 Å². The van der Waals surface area contributed by atoms with Crippen LogP contribution < -0.4 is 5.32 Å². The second-order valence-corrected chi connectivity index (χ2v) is 4.40. The highest BCUT2D eigenvalue weighted by Gasteiger charge is 2.02. The molecular weight excluding hydrogens is 236 g/mol. The minimum absolute atomic E-state index is 0.0274. The van der Waals surface area contributed by atoms with Crippen LogP contribution >= 0.6 is 11.8 Å². The number of aliphatic hydroxyl groups excluding tert-OH is 1. The summed E-state index contributed by atoms with van der Waals surface area (Å²) in [6.07, 6.45) is 0.335. The summed E-state index contributed by atoms with van der Waals surface area (Å²) >= 11 is 1.43. The third kappa shape index (κ3) is 5.38. The van der Waals surface area contributed by atoms with E-state index in [1.807, 2.05) is 30.3 Å². The van der Waals surface area contributed by atoms with E-state index < -0.39 is 0 Å². The van der Waals surface area contributed by atoms with Gasteiger partial charge in [-0.3, -0.25) is 4.79 Å². The molecule has 0 unspecified atom stereocenters. The summed E-state index contributed by atoms with van der Waals surface area (Å²) in [5.74, 6) is 0.265. The number of thioether (sulfide) groups is 1. The molecule has 0 aliphatic rings. The van der Waals surface area contributed by atoms with Gasteiger partial charge in [-0.1, -0.05) is 12.1 Å². The number of hydrogen-bond donors (Lipinski definition) is 2. The molecule has 0 bridgehead atoms. The Hall–Kier alpha value is -1.51. The Balaban J connectivity index is 2.29.